The normalized spacial score (nSPS) is 10.8. The minimum atomic E-state index is -0.264. The maximum absolute atomic E-state index is 12.8. The number of hydrogen-bond donors (Lipinski definition) is 0. The van der Waals surface area contributed by atoms with Gasteiger partial charge >= 0.3 is 0 Å². The van der Waals surface area contributed by atoms with E-state index < -0.39 is 0 Å². The predicted octanol–water partition coefficient (Wildman–Crippen LogP) is 5.21. The van der Waals surface area contributed by atoms with Crippen molar-refractivity contribution in [3.05, 3.63) is 56.7 Å². The Kier molecular flexibility index (Phi) is 4.46. The number of methoxy groups -OCH3 is 2. The van der Waals surface area contributed by atoms with Gasteiger partial charge in [-0.2, -0.15) is 0 Å². The molecule has 3 aromatic rings. The minimum Gasteiger partial charge on any atom is -0.497 e. The number of halogens is 2. The Hall–Kier alpha value is -1.79. The third-order valence-electron chi connectivity index (χ3n) is 3.41. The number of ether oxygens (including phenoxy) is 2. The fourth-order valence-corrected chi connectivity index (χ4v) is 3.65. The van der Waals surface area contributed by atoms with Gasteiger partial charge in [-0.05, 0) is 52.3 Å². The van der Waals surface area contributed by atoms with Crippen molar-refractivity contribution in [1.82, 2.24) is 0 Å². The van der Waals surface area contributed by atoms with Gasteiger partial charge in [0.2, 0.25) is 5.78 Å². The molecule has 0 saturated heterocycles. The molecule has 0 amide bonds. The summed E-state index contributed by atoms with van der Waals surface area (Å²) in [4.78, 5) is 12.8. The van der Waals surface area contributed by atoms with Crippen LogP contribution in [0.5, 0.6) is 11.5 Å². The third-order valence-corrected chi connectivity index (χ3v) is 4.46. The van der Waals surface area contributed by atoms with Gasteiger partial charge in [0.25, 0.3) is 0 Å². The molecule has 0 N–H and O–H groups in total. The summed E-state index contributed by atoms with van der Waals surface area (Å²) in [5.41, 5.74) is 1.01. The number of benzene rings is 2. The molecule has 0 unspecified atom stereocenters. The molecule has 3 rings (SSSR count). The van der Waals surface area contributed by atoms with Gasteiger partial charge in [-0.15, -0.1) is 0 Å². The van der Waals surface area contributed by atoms with E-state index in [2.05, 4.69) is 31.9 Å². The first-order valence-corrected chi connectivity index (χ1v) is 8.27. The van der Waals surface area contributed by atoms with Crippen LogP contribution >= 0.6 is 31.9 Å². The third kappa shape index (κ3) is 3.01. The number of ketones is 1. The van der Waals surface area contributed by atoms with Crippen LogP contribution in [0.2, 0.25) is 0 Å². The number of rotatable bonds is 4. The van der Waals surface area contributed by atoms with Crippen molar-refractivity contribution in [2.75, 3.05) is 14.2 Å². The fraction of sp³-hybridized carbons (Fsp3) is 0.118. The SMILES string of the molecule is COc1ccc(OC)c(C(=O)c2cc3cc(Br)cc(Br)c3o2)c1. The standard InChI is InChI=1S/C17H12Br2O4/c1-21-11-3-4-14(22-2)12(8-11)16(20)15-6-9-5-10(18)7-13(19)17(9)23-15/h3-8H,1-2H3. The van der Waals surface area contributed by atoms with Gasteiger partial charge in [0.05, 0.1) is 24.3 Å². The molecule has 0 fully saturated rings. The second kappa shape index (κ2) is 6.37. The molecule has 0 saturated carbocycles. The van der Waals surface area contributed by atoms with Crippen LogP contribution in [0.1, 0.15) is 16.1 Å². The summed E-state index contributed by atoms with van der Waals surface area (Å²) < 4.78 is 17.9. The molecule has 118 valence electrons. The predicted molar refractivity (Wildman–Crippen MR) is 94.6 cm³/mol. The van der Waals surface area contributed by atoms with E-state index in [-0.39, 0.29) is 11.5 Å². The number of fused-ring (bicyclic) bond motifs is 1. The molecule has 6 heteroatoms. The van der Waals surface area contributed by atoms with Crippen molar-refractivity contribution >= 4 is 48.6 Å². The zero-order chi connectivity index (χ0) is 16.6. The highest BCUT2D eigenvalue weighted by Crippen LogP contribution is 2.33. The van der Waals surface area contributed by atoms with Crippen molar-refractivity contribution in [2.45, 2.75) is 0 Å². The summed E-state index contributed by atoms with van der Waals surface area (Å²) in [5.74, 6) is 1.02. The maximum Gasteiger partial charge on any atom is 0.232 e. The first kappa shape index (κ1) is 16.1. The van der Waals surface area contributed by atoms with Gasteiger partial charge in [0.1, 0.15) is 17.1 Å². The Morgan fingerprint density at radius 3 is 2.52 bits per heavy atom. The molecular formula is C17H12Br2O4. The molecule has 2 aromatic carbocycles. The van der Waals surface area contributed by atoms with E-state index in [1.165, 1.54) is 7.11 Å². The molecule has 1 aromatic heterocycles. The van der Waals surface area contributed by atoms with E-state index in [4.69, 9.17) is 13.9 Å². The lowest BCUT2D eigenvalue weighted by molar-refractivity contribution is 0.101. The highest BCUT2D eigenvalue weighted by atomic mass is 79.9. The van der Waals surface area contributed by atoms with Crippen LogP contribution in [0.15, 0.2) is 49.8 Å². The Morgan fingerprint density at radius 1 is 1.04 bits per heavy atom. The number of furan rings is 1. The molecule has 23 heavy (non-hydrogen) atoms. The first-order chi connectivity index (χ1) is 11.0. The van der Waals surface area contributed by atoms with Crippen LogP contribution in [0.25, 0.3) is 11.0 Å². The molecule has 4 nitrogen and oxygen atoms in total. The van der Waals surface area contributed by atoms with Crippen LogP contribution in [0, 0.1) is 0 Å². The fourth-order valence-electron chi connectivity index (χ4n) is 2.31. The molecule has 0 aliphatic carbocycles. The summed E-state index contributed by atoms with van der Waals surface area (Å²) in [6.45, 7) is 0. The Bertz CT molecular complexity index is 899. The molecule has 0 atom stereocenters. The van der Waals surface area contributed by atoms with Crippen molar-refractivity contribution in [2.24, 2.45) is 0 Å². The van der Waals surface area contributed by atoms with Crippen LogP contribution in [0.3, 0.4) is 0 Å². The van der Waals surface area contributed by atoms with Crippen molar-refractivity contribution in [1.29, 1.82) is 0 Å². The van der Waals surface area contributed by atoms with Crippen molar-refractivity contribution in [3.63, 3.8) is 0 Å². The van der Waals surface area contributed by atoms with Gasteiger partial charge in [0, 0.05) is 9.86 Å². The van der Waals surface area contributed by atoms with E-state index in [0.717, 1.165) is 14.3 Å². The van der Waals surface area contributed by atoms with Crippen molar-refractivity contribution < 1.29 is 18.7 Å². The average Bonchev–Trinajstić information content (AvgIpc) is 2.97. The largest absolute Gasteiger partial charge is 0.497 e. The van der Waals surface area contributed by atoms with Crippen LogP contribution in [-0.4, -0.2) is 20.0 Å². The van der Waals surface area contributed by atoms with E-state index in [1.807, 2.05) is 12.1 Å². The maximum atomic E-state index is 12.8. The molecule has 0 radical (unpaired) electrons. The minimum absolute atomic E-state index is 0.241. The second-order valence-corrected chi connectivity index (χ2v) is 6.58. The van der Waals surface area contributed by atoms with Crippen molar-refractivity contribution in [3.8, 4) is 11.5 Å². The Labute approximate surface area is 149 Å². The summed E-state index contributed by atoms with van der Waals surface area (Å²) in [7, 11) is 3.07. The Balaban J connectivity index is 2.12. The lowest BCUT2D eigenvalue weighted by atomic mass is 10.1. The van der Waals surface area contributed by atoms with E-state index in [1.54, 1.807) is 31.4 Å². The second-order valence-electron chi connectivity index (χ2n) is 4.81. The lowest BCUT2D eigenvalue weighted by Gasteiger charge is -2.08. The summed E-state index contributed by atoms with van der Waals surface area (Å²) in [6, 6.07) is 10.5. The smallest absolute Gasteiger partial charge is 0.232 e. The van der Waals surface area contributed by atoms with Gasteiger partial charge in [-0.1, -0.05) is 15.9 Å². The highest BCUT2D eigenvalue weighted by Gasteiger charge is 2.20. The molecular weight excluding hydrogens is 428 g/mol. The van der Waals surface area contributed by atoms with Crippen LogP contribution in [-0.2, 0) is 0 Å². The zero-order valence-electron chi connectivity index (χ0n) is 12.4. The summed E-state index contributed by atoms with van der Waals surface area (Å²) >= 11 is 6.86. The van der Waals surface area contributed by atoms with Gasteiger partial charge in [-0.3, -0.25) is 4.79 Å². The Morgan fingerprint density at radius 2 is 1.83 bits per heavy atom. The van der Waals surface area contributed by atoms with E-state index in [0.29, 0.717) is 22.6 Å². The first-order valence-electron chi connectivity index (χ1n) is 6.69. The summed E-state index contributed by atoms with van der Waals surface area (Å²) in [6.07, 6.45) is 0. The van der Waals surface area contributed by atoms with E-state index >= 15 is 0 Å². The lowest BCUT2D eigenvalue weighted by Crippen LogP contribution is -2.03. The van der Waals surface area contributed by atoms with Gasteiger partial charge < -0.3 is 13.9 Å². The quantitative estimate of drug-likeness (QED) is 0.524. The zero-order valence-corrected chi connectivity index (χ0v) is 15.5. The van der Waals surface area contributed by atoms with Crippen LogP contribution in [0.4, 0.5) is 0 Å². The monoisotopic (exact) mass is 438 g/mol. The topological polar surface area (TPSA) is 48.7 Å². The molecule has 0 aliphatic heterocycles. The molecule has 0 bridgehead atoms. The molecule has 0 aliphatic rings. The molecule has 0 spiro atoms. The van der Waals surface area contributed by atoms with Gasteiger partial charge in [0.15, 0.2) is 5.76 Å². The number of hydrogen-bond acceptors (Lipinski definition) is 4. The molecule has 1 heterocycles. The number of carbonyl (C=O) groups is 1. The van der Waals surface area contributed by atoms with Crippen LogP contribution < -0.4 is 9.47 Å². The van der Waals surface area contributed by atoms with Gasteiger partial charge in [-0.25, -0.2) is 0 Å². The summed E-state index contributed by atoms with van der Waals surface area (Å²) in [5, 5.41) is 0.830. The van der Waals surface area contributed by atoms with E-state index in [9.17, 15) is 4.79 Å². The number of carbonyl (C=O) groups excluding carboxylic acids is 1. The highest BCUT2D eigenvalue weighted by molar-refractivity contribution is 9.11. The average molecular weight is 440 g/mol.